The Labute approximate surface area is 112 Å². The van der Waals surface area contributed by atoms with Crippen molar-refractivity contribution in [3.05, 3.63) is 22.7 Å². The molecule has 100 valence electrons. The Bertz CT molecular complexity index is 446. The predicted octanol–water partition coefficient (Wildman–Crippen LogP) is 2.62. The van der Waals surface area contributed by atoms with Crippen molar-refractivity contribution in [3.8, 4) is 0 Å². The summed E-state index contributed by atoms with van der Waals surface area (Å²) in [6, 6.07) is 0.165. The van der Waals surface area contributed by atoms with Gasteiger partial charge in [0.2, 0.25) is 0 Å². The van der Waals surface area contributed by atoms with Crippen LogP contribution in [0.2, 0.25) is 0 Å². The number of anilines is 1. The molecule has 1 aliphatic rings. The maximum absolute atomic E-state index is 12.1. The monoisotopic (exact) mass is 269 g/mol. The Morgan fingerprint density at radius 3 is 3.00 bits per heavy atom. The molecule has 1 saturated carbocycles. The van der Waals surface area contributed by atoms with E-state index in [0.29, 0.717) is 5.82 Å². The number of aromatic nitrogens is 2. The van der Waals surface area contributed by atoms with Crippen molar-refractivity contribution < 1.29 is 0 Å². The van der Waals surface area contributed by atoms with Crippen LogP contribution in [0.3, 0.4) is 0 Å². The molecular formula is C13H20ClN3O. The highest BCUT2D eigenvalue weighted by molar-refractivity contribution is 6.21. The van der Waals surface area contributed by atoms with Gasteiger partial charge < -0.3 is 9.88 Å². The highest BCUT2D eigenvalue weighted by Crippen LogP contribution is 2.24. The van der Waals surface area contributed by atoms with Crippen LogP contribution in [0.15, 0.2) is 17.2 Å². The zero-order chi connectivity index (χ0) is 13.0. The van der Waals surface area contributed by atoms with E-state index in [4.69, 9.17) is 11.6 Å². The van der Waals surface area contributed by atoms with E-state index in [1.165, 1.54) is 6.42 Å². The summed E-state index contributed by atoms with van der Waals surface area (Å²) in [5.74, 6) is 0.434. The zero-order valence-electron chi connectivity index (χ0n) is 10.7. The van der Waals surface area contributed by atoms with Gasteiger partial charge in [0.25, 0.3) is 5.56 Å². The molecular weight excluding hydrogens is 250 g/mol. The third kappa shape index (κ3) is 3.05. The Morgan fingerprint density at radius 1 is 1.50 bits per heavy atom. The van der Waals surface area contributed by atoms with Gasteiger partial charge in [-0.05, 0) is 19.3 Å². The van der Waals surface area contributed by atoms with Gasteiger partial charge in [0, 0.05) is 25.0 Å². The van der Waals surface area contributed by atoms with Crippen LogP contribution in [0.25, 0.3) is 0 Å². The average molecular weight is 270 g/mol. The topological polar surface area (TPSA) is 46.9 Å². The van der Waals surface area contributed by atoms with Gasteiger partial charge in [0.1, 0.15) is 0 Å². The fraction of sp³-hybridized carbons (Fsp3) is 0.692. The molecule has 4 nitrogen and oxygen atoms in total. The summed E-state index contributed by atoms with van der Waals surface area (Å²) in [4.78, 5) is 16.3. The molecule has 2 rings (SSSR count). The van der Waals surface area contributed by atoms with Crippen LogP contribution in [0.4, 0.5) is 5.82 Å². The first-order valence-corrected chi connectivity index (χ1v) is 7.12. The maximum atomic E-state index is 12.1. The molecule has 1 aromatic heterocycles. The number of hydrogen-bond acceptors (Lipinski definition) is 3. The highest BCUT2D eigenvalue weighted by Gasteiger charge is 2.24. The van der Waals surface area contributed by atoms with Crippen molar-refractivity contribution in [2.24, 2.45) is 0 Å². The Balaban J connectivity index is 2.13. The normalized spacial score (nSPS) is 23.9. The van der Waals surface area contributed by atoms with Gasteiger partial charge in [-0.25, -0.2) is 4.98 Å². The molecule has 1 heterocycles. The van der Waals surface area contributed by atoms with E-state index in [0.717, 1.165) is 32.2 Å². The van der Waals surface area contributed by atoms with Crippen LogP contribution in [0.5, 0.6) is 0 Å². The fourth-order valence-electron chi connectivity index (χ4n) is 2.39. The quantitative estimate of drug-likeness (QED) is 0.855. The number of alkyl halides is 1. The van der Waals surface area contributed by atoms with Gasteiger partial charge in [-0.2, -0.15) is 0 Å². The van der Waals surface area contributed by atoms with Gasteiger partial charge in [-0.1, -0.05) is 19.8 Å². The van der Waals surface area contributed by atoms with E-state index in [2.05, 4.69) is 17.2 Å². The number of nitrogens with one attached hydrogen (secondary N) is 1. The van der Waals surface area contributed by atoms with Crippen LogP contribution in [0, 0.1) is 0 Å². The second-order valence-electron chi connectivity index (χ2n) is 4.83. The van der Waals surface area contributed by atoms with Crippen molar-refractivity contribution in [3.63, 3.8) is 0 Å². The molecule has 1 aromatic rings. The molecule has 2 unspecified atom stereocenters. The Morgan fingerprint density at radius 2 is 2.28 bits per heavy atom. The van der Waals surface area contributed by atoms with E-state index in [1.54, 1.807) is 17.0 Å². The molecule has 1 aliphatic carbocycles. The fourth-order valence-corrected chi connectivity index (χ4v) is 2.73. The molecule has 2 atom stereocenters. The number of halogens is 1. The van der Waals surface area contributed by atoms with Gasteiger partial charge >= 0.3 is 0 Å². The van der Waals surface area contributed by atoms with E-state index in [1.807, 2.05) is 0 Å². The largest absolute Gasteiger partial charge is 0.361 e. The third-order valence-electron chi connectivity index (χ3n) is 3.38. The van der Waals surface area contributed by atoms with Crippen LogP contribution >= 0.6 is 11.6 Å². The number of aryl methyl sites for hydroxylation is 1. The summed E-state index contributed by atoms with van der Waals surface area (Å²) in [7, 11) is 0. The first-order chi connectivity index (χ1) is 8.72. The lowest BCUT2D eigenvalue weighted by atomic mass is 9.95. The van der Waals surface area contributed by atoms with E-state index < -0.39 is 0 Å². The van der Waals surface area contributed by atoms with Crippen molar-refractivity contribution in [2.75, 3.05) is 5.32 Å². The van der Waals surface area contributed by atoms with Crippen molar-refractivity contribution in [1.29, 1.82) is 0 Å². The molecule has 0 aromatic carbocycles. The molecule has 0 spiro atoms. The van der Waals surface area contributed by atoms with Gasteiger partial charge in [-0.3, -0.25) is 4.79 Å². The third-order valence-corrected chi connectivity index (χ3v) is 3.90. The molecule has 5 heteroatoms. The van der Waals surface area contributed by atoms with Crippen molar-refractivity contribution >= 4 is 17.4 Å². The molecule has 18 heavy (non-hydrogen) atoms. The Hall–Kier alpha value is -1.03. The van der Waals surface area contributed by atoms with Gasteiger partial charge in [-0.15, -0.1) is 11.6 Å². The van der Waals surface area contributed by atoms with Crippen molar-refractivity contribution in [1.82, 2.24) is 9.55 Å². The first kappa shape index (κ1) is 13.4. The lowest BCUT2D eigenvalue weighted by molar-refractivity contribution is 0.467. The van der Waals surface area contributed by atoms with Crippen LogP contribution in [-0.4, -0.2) is 21.0 Å². The van der Waals surface area contributed by atoms with Crippen molar-refractivity contribution in [2.45, 2.75) is 57.0 Å². The second-order valence-corrected chi connectivity index (χ2v) is 5.39. The Kier molecular flexibility index (Phi) is 4.64. The van der Waals surface area contributed by atoms with E-state index >= 15 is 0 Å². The van der Waals surface area contributed by atoms with Crippen LogP contribution in [0.1, 0.15) is 39.0 Å². The lowest BCUT2D eigenvalue weighted by Gasteiger charge is -2.28. The number of rotatable bonds is 4. The van der Waals surface area contributed by atoms with Gasteiger partial charge in [0.05, 0.1) is 5.38 Å². The summed E-state index contributed by atoms with van der Waals surface area (Å²) < 4.78 is 1.70. The minimum absolute atomic E-state index is 0.0474. The standard InChI is InChI=1S/C13H20ClN3O/c1-2-8-17-9-7-15-12(13(17)18)16-11-6-4-3-5-10(11)14/h7,9-11H,2-6,8H2,1H3,(H,15,16). The minimum atomic E-state index is -0.0474. The molecule has 0 saturated heterocycles. The molecule has 0 amide bonds. The zero-order valence-corrected chi connectivity index (χ0v) is 11.5. The minimum Gasteiger partial charge on any atom is -0.361 e. The van der Waals surface area contributed by atoms with Crippen LogP contribution in [-0.2, 0) is 6.54 Å². The summed E-state index contributed by atoms with van der Waals surface area (Å²) in [6.45, 7) is 2.78. The highest BCUT2D eigenvalue weighted by atomic mass is 35.5. The SMILES string of the molecule is CCCn1ccnc(NC2CCCCC2Cl)c1=O. The summed E-state index contributed by atoms with van der Waals surface area (Å²) >= 11 is 6.29. The number of nitrogens with zero attached hydrogens (tertiary/aromatic N) is 2. The number of hydrogen-bond donors (Lipinski definition) is 1. The molecule has 1 fully saturated rings. The molecule has 0 radical (unpaired) electrons. The molecule has 0 bridgehead atoms. The summed E-state index contributed by atoms with van der Waals surface area (Å²) in [6.07, 6.45) is 8.70. The molecule has 1 N–H and O–H groups in total. The lowest BCUT2D eigenvalue weighted by Crippen LogP contribution is -2.36. The van der Waals surface area contributed by atoms with E-state index in [9.17, 15) is 4.79 Å². The smallest absolute Gasteiger partial charge is 0.293 e. The maximum Gasteiger partial charge on any atom is 0.293 e. The average Bonchev–Trinajstić information content (AvgIpc) is 2.37. The second kappa shape index (κ2) is 6.23. The summed E-state index contributed by atoms with van der Waals surface area (Å²) in [5.41, 5.74) is -0.0474. The summed E-state index contributed by atoms with van der Waals surface area (Å²) in [5, 5.41) is 3.32. The molecule has 0 aliphatic heterocycles. The van der Waals surface area contributed by atoms with E-state index in [-0.39, 0.29) is 17.0 Å². The van der Waals surface area contributed by atoms with Crippen LogP contribution < -0.4 is 10.9 Å². The first-order valence-electron chi connectivity index (χ1n) is 6.68. The van der Waals surface area contributed by atoms with Gasteiger partial charge in [0.15, 0.2) is 5.82 Å². The predicted molar refractivity (Wildman–Crippen MR) is 74.3 cm³/mol.